The number of nitrogens with zero attached hydrogens (tertiary/aromatic N) is 3. The van der Waals surface area contributed by atoms with Crippen LogP contribution in [0.3, 0.4) is 0 Å². The van der Waals surface area contributed by atoms with Crippen molar-refractivity contribution in [1.29, 1.82) is 0 Å². The molecule has 0 spiro atoms. The van der Waals surface area contributed by atoms with E-state index in [4.69, 9.17) is 4.98 Å². The molecule has 1 atom stereocenters. The van der Waals surface area contributed by atoms with Gasteiger partial charge >= 0.3 is 0 Å². The lowest BCUT2D eigenvalue weighted by molar-refractivity contribution is -0.131. The first-order chi connectivity index (χ1) is 13.4. The molecule has 2 aromatic carbocycles. The van der Waals surface area contributed by atoms with Gasteiger partial charge in [0.2, 0.25) is 5.91 Å². The van der Waals surface area contributed by atoms with Crippen molar-refractivity contribution in [3.8, 4) is 0 Å². The van der Waals surface area contributed by atoms with Crippen LogP contribution in [-0.4, -0.2) is 32.4 Å². The highest BCUT2D eigenvalue weighted by atomic mass is 16.2. The van der Waals surface area contributed by atoms with E-state index in [-0.39, 0.29) is 17.4 Å². The molecule has 1 saturated heterocycles. The van der Waals surface area contributed by atoms with Crippen molar-refractivity contribution >= 4 is 16.9 Å². The summed E-state index contributed by atoms with van der Waals surface area (Å²) < 4.78 is 2.35. The summed E-state index contributed by atoms with van der Waals surface area (Å²) in [6.45, 7) is 8.00. The first kappa shape index (κ1) is 18.7. The van der Waals surface area contributed by atoms with E-state index < -0.39 is 0 Å². The molecule has 0 radical (unpaired) electrons. The monoisotopic (exact) mass is 375 g/mol. The Morgan fingerprint density at radius 2 is 1.75 bits per heavy atom. The summed E-state index contributed by atoms with van der Waals surface area (Å²) in [6.07, 6.45) is 2.66. The van der Waals surface area contributed by atoms with Crippen LogP contribution in [0.2, 0.25) is 0 Å². The number of amides is 1. The zero-order valence-electron chi connectivity index (χ0n) is 17.1. The summed E-state index contributed by atoms with van der Waals surface area (Å²) in [4.78, 5) is 19.6. The molecule has 4 rings (SSSR count). The van der Waals surface area contributed by atoms with Crippen LogP contribution in [0, 0.1) is 0 Å². The second-order valence-corrected chi connectivity index (χ2v) is 8.78. The molecule has 0 saturated carbocycles. The van der Waals surface area contributed by atoms with Gasteiger partial charge in [0, 0.05) is 31.0 Å². The summed E-state index contributed by atoms with van der Waals surface area (Å²) in [7, 11) is 0. The van der Waals surface area contributed by atoms with Crippen molar-refractivity contribution in [2.24, 2.45) is 0 Å². The SMILES string of the molecule is CC(C)(C)N1C[C@@H](c2nc3ccccc3n2CCCc2ccccc2)CC1=O. The quantitative estimate of drug-likeness (QED) is 0.643. The number of imidazole rings is 1. The Bertz CT molecular complexity index is 968. The Balaban J connectivity index is 1.60. The molecule has 1 aliphatic rings. The van der Waals surface area contributed by atoms with Crippen molar-refractivity contribution < 1.29 is 4.79 Å². The maximum absolute atomic E-state index is 12.6. The minimum atomic E-state index is -0.143. The van der Waals surface area contributed by atoms with Gasteiger partial charge in [-0.1, -0.05) is 42.5 Å². The van der Waals surface area contributed by atoms with Crippen LogP contribution in [-0.2, 0) is 17.8 Å². The zero-order chi connectivity index (χ0) is 19.7. The predicted molar refractivity (Wildman–Crippen MR) is 113 cm³/mol. The largest absolute Gasteiger partial charge is 0.337 e. The fourth-order valence-corrected chi connectivity index (χ4v) is 4.26. The number of hydrogen-bond acceptors (Lipinski definition) is 2. The van der Waals surface area contributed by atoms with Gasteiger partial charge in [-0.15, -0.1) is 0 Å². The topological polar surface area (TPSA) is 38.1 Å². The third-order valence-corrected chi connectivity index (χ3v) is 5.67. The lowest BCUT2D eigenvalue weighted by Crippen LogP contribution is -2.42. The number of aromatic nitrogens is 2. The summed E-state index contributed by atoms with van der Waals surface area (Å²) in [5.74, 6) is 1.46. The molecule has 0 bridgehead atoms. The van der Waals surface area contributed by atoms with Crippen molar-refractivity contribution in [2.75, 3.05) is 6.54 Å². The van der Waals surface area contributed by atoms with Crippen molar-refractivity contribution in [1.82, 2.24) is 14.5 Å². The summed E-state index contributed by atoms with van der Waals surface area (Å²) >= 11 is 0. The Labute approximate surface area is 167 Å². The van der Waals surface area contributed by atoms with E-state index >= 15 is 0 Å². The third-order valence-electron chi connectivity index (χ3n) is 5.67. The van der Waals surface area contributed by atoms with Crippen LogP contribution >= 0.6 is 0 Å². The van der Waals surface area contributed by atoms with E-state index in [1.54, 1.807) is 0 Å². The molecule has 0 unspecified atom stereocenters. The van der Waals surface area contributed by atoms with Crippen molar-refractivity contribution in [2.45, 2.75) is 58.0 Å². The fraction of sp³-hybridized carbons (Fsp3) is 0.417. The predicted octanol–water partition coefficient (Wildman–Crippen LogP) is 4.78. The van der Waals surface area contributed by atoms with Crippen LogP contribution < -0.4 is 0 Å². The molecule has 1 fully saturated rings. The van der Waals surface area contributed by atoms with Crippen molar-refractivity contribution in [3.63, 3.8) is 0 Å². The van der Waals surface area contributed by atoms with Crippen molar-refractivity contribution in [3.05, 3.63) is 66.0 Å². The Morgan fingerprint density at radius 3 is 2.46 bits per heavy atom. The van der Waals surface area contributed by atoms with Gasteiger partial charge in [-0.05, 0) is 51.3 Å². The first-order valence-corrected chi connectivity index (χ1v) is 10.2. The Hall–Kier alpha value is -2.62. The van der Waals surface area contributed by atoms with Gasteiger partial charge < -0.3 is 9.47 Å². The smallest absolute Gasteiger partial charge is 0.223 e. The highest BCUT2D eigenvalue weighted by Gasteiger charge is 2.38. The standard InChI is InChI=1S/C24H29N3O/c1-24(2,3)27-17-19(16-22(27)28)23-25-20-13-7-8-14-21(20)26(23)15-9-12-18-10-5-4-6-11-18/h4-8,10-11,13-14,19H,9,12,15-17H2,1-3H3/t19-/m0/s1. The summed E-state index contributed by atoms with van der Waals surface area (Å²) in [6, 6.07) is 18.9. The summed E-state index contributed by atoms with van der Waals surface area (Å²) in [5, 5.41) is 0. The molecule has 1 amide bonds. The minimum absolute atomic E-state index is 0.143. The maximum Gasteiger partial charge on any atom is 0.223 e. The van der Waals surface area contributed by atoms with Gasteiger partial charge in [-0.3, -0.25) is 4.79 Å². The second-order valence-electron chi connectivity index (χ2n) is 8.78. The van der Waals surface area contributed by atoms with Crippen LogP contribution in [0.25, 0.3) is 11.0 Å². The lowest BCUT2D eigenvalue weighted by atomic mass is 10.1. The van der Waals surface area contributed by atoms with E-state index in [0.717, 1.165) is 37.3 Å². The number of aryl methyl sites for hydroxylation is 2. The van der Waals surface area contributed by atoms with Gasteiger partial charge in [0.1, 0.15) is 5.82 Å². The molecule has 28 heavy (non-hydrogen) atoms. The van der Waals surface area contributed by atoms with E-state index in [2.05, 4.69) is 73.9 Å². The van der Waals surface area contributed by atoms with Crippen LogP contribution in [0.4, 0.5) is 0 Å². The molecular weight excluding hydrogens is 346 g/mol. The number of carbonyl (C=O) groups is 1. The number of fused-ring (bicyclic) bond motifs is 1. The van der Waals surface area contributed by atoms with Crippen LogP contribution in [0.1, 0.15) is 50.9 Å². The molecule has 4 nitrogen and oxygen atoms in total. The first-order valence-electron chi connectivity index (χ1n) is 10.2. The van der Waals surface area contributed by atoms with E-state index in [0.29, 0.717) is 6.42 Å². The number of hydrogen-bond donors (Lipinski definition) is 0. The molecule has 2 heterocycles. The highest BCUT2D eigenvalue weighted by Crippen LogP contribution is 2.34. The second kappa shape index (κ2) is 7.42. The van der Waals surface area contributed by atoms with Gasteiger partial charge in [0.25, 0.3) is 0 Å². The normalized spacial score (nSPS) is 17.6. The van der Waals surface area contributed by atoms with Crippen LogP contribution in [0.5, 0.6) is 0 Å². The zero-order valence-corrected chi connectivity index (χ0v) is 17.1. The Kier molecular flexibility index (Phi) is 4.96. The molecule has 4 heteroatoms. The van der Waals surface area contributed by atoms with Crippen LogP contribution in [0.15, 0.2) is 54.6 Å². The highest BCUT2D eigenvalue weighted by molar-refractivity contribution is 5.81. The fourth-order valence-electron chi connectivity index (χ4n) is 4.26. The molecule has 1 aromatic heterocycles. The third kappa shape index (κ3) is 3.68. The van der Waals surface area contributed by atoms with E-state index in [1.165, 1.54) is 11.1 Å². The van der Waals surface area contributed by atoms with Gasteiger partial charge in [0.15, 0.2) is 0 Å². The van der Waals surface area contributed by atoms with E-state index in [1.807, 2.05) is 11.0 Å². The Morgan fingerprint density at radius 1 is 1.04 bits per heavy atom. The molecule has 0 N–H and O–H groups in total. The summed E-state index contributed by atoms with van der Waals surface area (Å²) in [5.41, 5.74) is 3.42. The van der Waals surface area contributed by atoms with E-state index in [9.17, 15) is 4.79 Å². The minimum Gasteiger partial charge on any atom is -0.337 e. The molecule has 146 valence electrons. The number of benzene rings is 2. The van der Waals surface area contributed by atoms with Gasteiger partial charge in [0.05, 0.1) is 11.0 Å². The lowest BCUT2D eigenvalue weighted by Gasteiger charge is -2.32. The molecule has 1 aliphatic heterocycles. The number of para-hydroxylation sites is 2. The number of rotatable bonds is 5. The molecule has 3 aromatic rings. The average Bonchev–Trinajstić information content (AvgIpc) is 3.23. The number of carbonyl (C=O) groups excluding carboxylic acids is 1. The molecular formula is C24H29N3O. The van der Waals surface area contributed by atoms with Gasteiger partial charge in [-0.2, -0.15) is 0 Å². The average molecular weight is 376 g/mol. The van der Waals surface area contributed by atoms with Gasteiger partial charge in [-0.25, -0.2) is 4.98 Å². The number of likely N-dealkylation sites (tertiary alicyclic amines) is 1. The maximum atomic E-state index is 12.6. The molecule has 0 aliphatic carbocycles.